The normalized spacial score (nSPS) is 20.3. The molecular weight excluding hydrogens is 200 g/mol. The van der Waals surface area contributed by atoms with E-state index in [0.29, 0.717) is 6.42 Å². The van der Waals surface area contributed by atoms with Gasteiger partial charge >= 0.3 is 11.9 Å². The SMILES string of the molecule is CCC1=C(C(=O)OC)C(C(=O)OC)OC1. The molecule has 5 heteroatoms. The second-order valence-corrected chi connectivity index (χ2v) is 3.08. The standard InChI is InChI=1S/C10H14O5/c1-4-6-5-15-8(10(12)14-3)7(6)9(11)13-2/h8H,4-5H2,1-3H3. The van der Waals surface area contributed by atoms with E-state index in [-0.39, 0.29) is 12.2 Å². The lowest BCUT2D eigenvalue weighted by Gasteiger charge is -2.10. The summed E-state index contributed by atoms with van der Waals surface area (Å²) >= 11 is 0. The highest BCUT2D eigenvalue weighted by molar-refractivity contribution is 5.98. The first-order valence-electron chi connectivity index (χ1n) is 4.65. The second-order valence-electron chi connectivity index (χ2n) is 3.08. The molecule has 0 aromatic carbocycles. The minimum Gasteiger partial charge on any atom is -0.467 e. The van der Waals surface area contributed by atoms with Crippen molar-refractivity contribution in [3.63, 3.8) is 0 Å². The van der Waals surface area contributed by atoms with E-state index in [1.54, 1.807) is 0 Å². The summed E-state index contributed by atoms with van der Waals surface area (Å²) in [6.45, 7) is 2.17. The Morgan fingerprint density at radius 3 is 2.53 bits per heavy atom. The first-order chi connectivity index (χ1) is 7.15. The van der Waals surface area contributed by atoms with E-state index in [0.717, 1.165) is 5.57 Å². The summed E-state index contributed by atoms with van der Waals surface area (Å²) in [5.41, 5.74) is 1.07. The minimum atomic E-state index is -0.933. The van der Waals surface area contributed by atoms with Crippen LogP contribution in [0.2, 0.25) is 0 Å². The Morgan fingerprint density at radius 2 is 2.07 bits per heavy atom. The van der Waals surface area contributed by atoms with E-state index >= 15 is 0 Å². The Kier molecular flexibility index (Phi) is 3.85. The van der Waals surface area contributed by atoms with E-state index in [2.05, 4.69) is 9.47 Å². The molecule has 0 aliphatic carbocycles. The van der Waals surface area contributed by atoms with Crippen molar-refractivity contribution in [3.8, 4) is 0 Å². The fourth-order valence-electron chi connectivity index (χ4n) is 1.48. The Morgan fingerprint density at radius 1 is 1.40 bits per heavy atom. The van der Waals surface area contributed by atoms with Crippen molar-refractivity contribution in [2.45, 2.75) is 19.4 Å². The Balaban J connectivity index is 2.98. The molecule has 1 heterocycles. The molecule has 0 saturated heterocycles. The molecule has 1 aliphatic rings. The van der Waals surface area contributed by atoms with Crippen LogP contribution < -0.4 is 0 Å². The molecule has 1 unspecified atom stereocenters. The van der Waals surface area contributed by atoms with Gasteiger partial charge in [0.05, 0.1) is 26.4 Å². The molecule has 0 spiro atoms. The molecule has 0 aromatic heterocycles. The van der Waals surface area contributed by atoms with E-state index in [9.17, 15) is 9.59 Å². The van der Waals surface area contributed by atoms with Crippen molar-refractivity contribution in [1.82, 2.24) is 0 Å². The third kappa shape index (κ3) is 2.18. The number of ether oxygens (including phenoxy) is 3. The van der Waals surface area contributed by atoms with Crippen LogP contribution in [-0.2, 0) is 23.8 Å². The first kappa shape index (κ1) is 11.7. The van der Waals surface area contributed by atoms with Crippen LogP contribution in [0.15, 0.2) is 11.1 Å². The van der Waals surface area contributed by atoms with Gasteiger partial charge in [0.2, 0.25) is 0 Å². The van der Waals surface area contributed by atoms with Gasteiger partial charge in [0.1, 0.15) is 0 Å². The van der Waals surface area contributed by atoms with Crippen LogP contribution in [0.4, 0.5) is 0 Å². The van der Waals surface area contributed by atoms with Crippen LogP contribution in [0.5, 0.6) is 0 Å². The van der Waals surface area contributed by atoms with Gasteiger partial charge in [-0.1, -0.05) is 6.92 Å². The highest BCUT2D eigenvalue weighted by Crippen LogP contribution is 2.25. The van der Waals surface area contributed by atoms with Crippen molar-refractivity contribution in [1.29, 1.82) is 0 Å². The number of carbonyl (C=O) groups excluding carboxylic acids is 2. The van der Waals surface area contributed by atoms with Crippen LogP contribution in [0, 0.1) is 0 Å². The number of hydrogen-bond donors (Lipinski definition) is 0. The van der Waals surface area contributed by atoms with Crippen LogP contribution in [0.1, 0.15) is 13.3 Å². The smallest absolute Gasteiger partial charge is 0.339 e. The number of rotatable bonds is 3. The Bertz CT molecular complexity index is 305. The number of esters is 2. The first-order valence-corrected chi connectivity index (χ1v) is 4.65. The fourth-order valence-corrected chi connectivity index (χ4v) is 1.48. The lowest BCUT2D eigenvalue weighted by Crippen LogP contribution is -2.28. The third-order valence-electron chi connectivity index (χ3n) is 2.31. The molecule has 0 aromatic rings. The third-order valence-corrected chi connectivity index (χ3v) is 2.31. The summed E-state index contributed by atoms with van der Waals surface area (Å²) in [5, 5.41) is 0. The molecule has 84 valence electrons. The molecule has 0 fully saturated rings. The topological polar surface area (TPSA) is 61.8 Å². The zero-order valence-electron chi connectivity index (χ0n) is 9.03. The summed E-state index contributed by atoms with van der Waals surface area (Å²) < 4.78 is 14.3. The molecule has 0 saturated carbocycles. The average molecular weight is 214 g/mol. The van der Waals surface area contributed by atoms with Gasteiger partial charge in [-0.3, -0.25) is 0 Å². The lowest BCUT2D eigenvalue weighted by molar-refractivity contribution is -0.152. The molecule has 1 rings (SSSR count). The lowest BCUT2D eigenvalue weighted by atomic mass is 10.0. The minimum absolute atomic E-state index is 0.278. The quantitative estimate of drug-likeness (QED) is 0.638. The van der Waals surface area contributed by atoms with Crippen LogP contribution in [0.3, 0.4) is 0 Å². The largest absolute Gasteiger partial charge is 0.467 e. The highest BCUT2D eigenvalue weighted by atomic mass is 16.6. The van der Waals surface area contributed by atoms with Crippen LogP contribution in [0.25, 0.3) is 0 Å². The van der Waals surface area contributed by atoms with Gasteiger partial charge in [0, 0.05) is 0 Å². The Hall–Kier alpha value is -1.36. The summed E-state index contributed by atoms with van der Waals surface area (Å²) in [6.07, 6.45) is -0.282. The van der Waals surface area contributed by atoms with Crippen molar-refractivity contribution >= 4 is 11.9 Å². The number of methoxy groups -OCH3 is 2. The van der Waals surface area contributed by atoms with Gasteiger partial charge in [-0.15, -0.1) is 0 Å². The zero-order valence-corrected chi connectivity index (χ0v) is 9.03. The molecule has 0 bridgehead atoms. The van der Waals surface area contributed by atoms with E-state index < -0.39 is 18.0 Å². The second kappa shape index (κ2) is 4.93. The molecule has 0 amide bonds. The van der Waals surface area contributed by atoms with Crippen molar-refractivity contribution < 1.29 is 23.8 Å². The van der Waals surface area contributed by atoms with Crippen molar-refractivity contribution in [2.24, 2.45) is 0 Å². The van der Waals surface area contributed by atoms with Gasteiger partial charge in [-0.05, 0) is 12.0 Å². The summed E-state index contributed by atoms with van der Waals surface area (Å²) in [7, 11) is 2.53. The van der Waals surface area contributed by atoms with Crippen molar-refractivity contribution in [2.75, 3.05) is 20.8 Å². The van der Waals surface area contributed by atoms with Gasteiger partial charge in [0.25, 0.3) is 0 Å². The molecule has 1 aliphatic heterocycles. The predicted molar refractivity (Wildman–Crippen MR) is 51.1 cm³/mol. The molecular formula is C10H14O5. The zero-order chi connectivity index (χ0) is 11.4. The monoisotopic (exact) mass is 214 g/mol. The molecule has 5 nitrogen and oxygen atoms in total. The number of hydrogen-bond acceptors (Lipinski definition) is 5. The summed E-state index contributed by atoms with van der Waals surface area (Å²) in [6, 6.07) is 0. The maximum Gasteiger partial charge on any atom is 0.339 e. The molecule has 15 heavy (non-hydrogen) atoms. The van der Waals surface area contributed by atoms with E-state index in [1.807, 2.05) is 6.92 Å². The van der Waals surface area contributed by atoms with E-state index in [4.69, 9.17) is 4.74 Å². The van der Waals surface area contributed by atoms with Gasteiger partial charge < -0.3 is 14.2 Å². The average Bonchev–Trinajstić information content (AvgIpc) is 2.70. The fraction of sp³-hybridized carbons (Fsp3) is 0.600. The van der Waals surface area contributed by atoms with E-state index in [1.165, 1.54) is 14.2 Å². The highest BCUT2D eigenvalue weighted by Gasteiger charge is 2.37. The van der Waals surface area contributed by atoms with Gasteiger partial charge in [-0.25, -0.2) is 9.59 Å². The van der Waals surface area contributed by atoms with Gasteiger partial charge in [0.15, 0.2) is 6.10 Å². The maximum absolute atomic E-state index is 11.4. The molecule has 1 atom stereocenters. The summed E-state index contributed by atoms with van der Waals surface area (Å²) in [4.78, 5) is 22.8. The maximum atomic E-state index is 11.4. The van der Waals surface area contributed by atoms with Crippen LogP contribution in [-0.4, -0.2) is 38.9 Å². The predicted octanol–water partition coefficient (Wildman–Crippen LogP) is 0.438. The van der Waals surface area contributed by atoms with Crippen LogP contribution >= 0.6 is 0 Å². The Labute approximate surface area is 88.0 Å². The van der Waals surface area contributed by atoms with Crippen molar-refractivity contribution in [3.05, 3.63) is 11.1 Å². The summed E-state index contributed by atoms with van der Waals surface area (Å²) in [5.74, 6) is -1.10. The van der Waals surface area contributed by atoms with Gasteiger partial charge in [-0.2, -0.15) is 0 Å². The molecule has 0 radical (unpaired) electrons. The molecule has 0 N–H and O–H groups in total. The number of carbonyl (C=O) groups is 2.